The third-order valence-corrected chi connectivity index (χ3v) is 4.47. The number of amides is 1. The molecule has 5 heteroatoms. The lowest BCUT2D eigenvalue weighted by molar-refractivity contribution is -0.136. The summed E-state index contributed by atoms with van der Waals surface area (Å²) in [6.07, 6.45) is 5.11. The first-order valence-electron chi connectivity index (χ1n) is 8.14. The highest BCUT2D eigenvalue weighted by molar-refractivity contribution is 5.77. The molecule has 2 heterocycles. The predicted molar refractivity (Wildman–Crippen MR) is 89.9 cm³/mol. The molecule has 5 nitrogen and oxygen atoms in total. The highest BCUT2D eigenvalue weighted by Crippen LogP contribution is 2.25. The van der Waals surface area contributed by atoms with Crippen LogP contribution >= 0.6 is 0 Å². The van der Waals surface area contributed by atoms with Gasteiger partial charge in [-0.3, -0.25) is 9.48 Å². The van der Waals surface area contributed by atoms with Gasteiger partial charge in [0.15, 0.2) is 0 Å². The van der Waals surface area contributed by atoms with Crippen molar-refractivity contribution in [2.24, 2.45) is 7.05 Å². The van der Waals surface area contributed by atoms with E-state index in [1.807, 2.05) is 42.5 Å². The lowest BCUT2D eigenvalue weighted by Gasteiger charge is -2.40. The Labute approximate surface area is 137 Å². The lowest BCUT2D eigenvalue weighted by Crippen LogP contribution is -2.49. The molecule has 122 valence electrons. The molecule has 0 bridgehead atoms. The van der Waals surface area contributed by atoms with Crippen LogP contribution in [0.2, 0.25) is 0 Å². The molecule has 1 atom stereocenters. The molecular formula is C18H24N4O. The number of hydrogen-bond donors (Lipinski definition) is 0. The fourth-order valence-corrected chi connectivity index (χ4v) is 3.17. The monoisotopic (exact) mass is 312 g/mol. The van der Waals surface area contributed by atoms with Crippen molar-refractivity contribution in [3.05, 3.63) is 53.9 Å². The molecular weight excluding hydrogens is 288 g/mol. The number of aryl methyl sites for hydroxylation is 2. The maximum Gasteiger partial charge on any atom is 0.223 e. The van der Waals surface area contributed by atoms with Crippen LogP contribution < -0.4 is 0 Å². The number of carbonyl (C=O) groups excluding carboxylic acids is 1. The summed E-state index contributed by atoms with van der Waals surface area (Å²) in [5.74, 6) is 0.232. The average Bonchev–Trinajstić information content (AvgIpc) is 2.99. The van der Waals surface area contributed by atoms with E-state index < -0.39 is 0 Å². The van der Waals surface area contributed by atoms with Gasteiger partial charge in [-0.2, -0.15) is 5.10 Å². The van der Waals surface area contributed by atoms with Gasteiger partial charge < -0.3 is 9.80 Å². The molecule has 0 saturated carbocycles. The van der Waals surface area contributed by atoms with Crippen LogP contribution in [0.15, 0.2) is 42.7 Å². The molecule has 1 aromatic heterocycles. The quantitative estimate of drug-likeness (QED) is 0.865. The number of aromatic nitrogens is 2. The summed E-state index contributed by atoms with van der Waals surface area (Å²) in [7, 11) is 4.02. The van der Waals surface area contributed by atoms with E-state index in [0.29, 0.717) is 6.42 Å². The van der Waals surface area contributed by atoms with Gasteiger partial charge in [0.05, 0.1) is 12.2 Å². The third-order valence-electron chi connectivity index (χ3n) is 4.47. The van der Waals surface area contributed by atoms with Crippen molar-refractivity contribution in [3.8, 4) is 0 Å². The molecule has 1 aliphatic rings. The van der Waals surface area contributed by atoms with Crippen LogP contribution in [-0.4, -0.2) is 52.2 Å². The van der Waals surface area contributed by atoms with Crippen LogP contribution in [0.25, 0.3) is 0 Å². The van der Waals surface area contributed by atoms with E-state index in [1.54, 1.807) is 4.68 Å². The molecule has 23 heavy (non-hydrogen) atoms. The van der Waals surface area contributed by atoms with Crippen LogP contribution in [0.3, 0.4) is 0 Å². The first-order valence-corrected chi connectivity index (χ1v) is 8.14. The fourth-order valence-electron chi connectivity index (χ4n) is 3.17. The highest BCUT2D eigenvalue weighted by atomic mass is 16.2. The minimum absolute atomic E-state index is 0.149. The van der Waals surface area contributed by atoms with Crippen molar-refractivity contribution >= 4 is 5.91 Å². The molecule has 0 spiro atoms. The second-order valence-electron chi connectivity index (χ2n) is 6.30. The van der Waals surface area contributed by atoms with Gasteiger partial charge in [0.25, 0.3) is 0 Å². The van der Waals surface area contributed by atoms with Crippen molar-refractivity contribution in [1.82, 2.24) is 19.6 Å². The van der Waals surface area contributed by atoms with E-state index in [1.165, 1.54) is 5.56 Å². The van der Waals surface area contributed by atoms with E-state index >= 15 is 0 Å². The Morgan fingerprint density at radius 1 is 1.22 bits per heavy atom. The highest BCUT2D eigenvalue weighted by Gasteiger charge is 2.29. The summed E-state index contributed by atoms with van der Waals surface area (Å²) in [6.45, 7) is 2.62. The summed E-state index contributed by atoms with van der Waals surface area (Å²) in [6, 6.07) is 10.5. The molecule has 0 aliphatic carbocycles. The molecule has 0 radical (unpaired) electrons. The van der Waals surface area contributed by atoms with Gasteiger partial charge in [0.2, 0.25) is 5.91 Å². The molecule has 1 fully saturated rings. The zero-order valence-corrected chi connectivity index (χ0v) is 13.9. The number of piperazine rings is 1. The van der Waals surface area contributed by atoms with E-state index in [2.05, 4.69) is 29.2 Å². The third kappa shape index (κ3) is 3.79. The molecule has 3 rings (SSSR count). The minimum atomic E-state index is 0.149. The topological polar surface area (TPSA) is 41.4 Å². The maximum absolute atomic E-state index is 12.7. The number of nitrogens with zero attached hydrogens (tertiary/aromatic N) is 4. The van der Waals surface area contributed by atoms with Crippen LogP contribution in [-0.2, 0) is 18.3 Å². The number of benzene rings is 1. The van der Waals surface area contributed by atoms with Crippen molar-refractivity contribution in [3.63, 3.8) is 0 Å². The Morgan fingerprint density at radius 2 is 2.00 bits per heavy atom. The lowest BCUT2D eigenvalue weighted by atomic mass is 10.0. The Kier molecular flexibility index (Phi) is 4.76. The maximum atomic E-state index is 12.7. The molecule has 1 amide bonds. The summed E-state index contributed by atoms with van der Waals surface area (Å²) < 4.78 is 1.78. The van der Waals surface area contributed by atoms with Gasteiger partial charge in [-0.05, 0) is 24.6 Å². The summed E-state index contributed by atoms with van der Waals surface area (Å²) >= 11 is 0. The van der Waals surface area contributed by atoms with E-state index in [-0.39, 0.29) is 11.9 Å². The predicted octanol–water partition coefficient (Wildman–Crippen LogP) is 1.87. The average molecular weight is 312 g/mol. The van der Waals surface area contributed by atoms with Crippen molar-refractivity contribution in [2.45, 2.75) is 18.9 Å². The van der Waals surface area contributed by atoms with Gasteiger partial charge in [0, 0.05) is 39.3 Å². The molecule has 1 aromatic carbocycles. The zero-order valence-electron chi connectivity index (χ0n) is 13.9. The van der Waals surface area contributed by atoms with Crippen LogP contribution in [0, 0.1) is 0 Å². The van der Waals surface area contributed by atoms with Gasteiger partial charge in [-0.1, -0.05) is 30.3 Å². The van der Waals surface area contributed by atoms with Gasteiger partial charge in [0.1, 0.15) is 0 Å². The van der Waals surface area contributed by atoms with E-state index in [9.17, 15) is 4.79 Å². The SMILES string of the molecule is CN1CCN(C(=O)CCc2cnn(C)c2)[C@H](c2ccccc2)C1. The Hall–Kier alpha value is -2.14. The smallest absolute Gasteiger partial charge is 0.223 e. The van der Waals surface area contributed by atoms with Crippen LogP contribution in [0.5, 0.6) is 0 Å². The summed E-state index contributed by atoms with van der Waals surface area (Å²) in [5, 5.41) is 4.16. The van der Waals surface area contributed by atoms with Crippen molar-refractivity contribution in [2.75, 3.05) is 26.7 Å². The molecule has 2 aromatic rings. The number of likely N-dealkylation sites (N-methyl/N-ethyl adjacent to an activating group) is 1. The van der Waals surface area contributed by atoms with Gasteiger partial charge >= 0.3 is 0 Å². The first kappa shape index (κ1) is 15.7. The number of carbonyl (C=O) groups is 1. The van der Waals surface area contributed by atoms with Gasteiger partial charge in [-0.25, -0.2) is 0 Å². The van der Waals surface area contributed by atoms with E-state index in [0.717, 1.165) is 31.6 Å². The molecule has 1 aliphatic heterocycles. The first-order chi connectivity index (χ1) is 11.1. The Morgan fingerprint density at radius 3 is 2.70 bits per heavy atom. The Balaban J connectivity index is 1.69. The second-order valence-corrected chi connectivity index (χ2v) is 6.30. The summed E-state index contributed by atoms with van der Waals surface area (Å²) in [5.41, 5.74) is 2.33. The normalized spacial score (nSPS) is 19.0. The standard InChI is InChI=1S/C18H24N4O/c1-20-10-11-22(17(14-20)16-6-4-3-5-7-16)18(23)9-8-15-12-19-21(2)13-15/h3-7,12-13,17H,8-11,14H2,1-2H3/t17-/m0/s1. The largest absolute Gasteiger partial charge is 0.333 e. The van der Waals surface area contributed by atoms with Crippen LogP contribution in [0.4, 0.5) is 0 Å². The fraction of sp³-hybridized carbons (Fsp3) is 0.444. The number of hydrogen-bond acceptors (Lipinski definition) is 3. The molecule has 1 saturated heterocycles. The molecule has 0 N–H and O–H groups in total. The van der Waals surface area contributed by atoms with Crippen LogP contribution in [0.1, 0.15) is 23.6 Å². The van der Waals surface area contributed by atoms with Crippen molar-refractivity contribution in [1.29, 1.82) is 0 Å². The minimum Gasteiger partial charge on any atom is -0.333 e. The number of rotatable bonds is 4. The zero-order chi connectivity index (χ0) is 16.2. The summed E-state index contributed by atoms with van der Waals surface area (Å²) in [4.78, 5) is 17.1. The van der Waals surface area contributed by atoms with E-state index in [4.69, 9.17) is 0 Å². The Bertz CT molecular complexity index is 652. The van der Waals surface area contributed by atoms with Gasteiger partial charge in [-0.15, -0.1) is 0 Å². The second kappa shape index (κ2) is 6.96. The van der Waals surface area contributed by atoms with Crippen molar-refractivity contribution < 1.29 is 4.79 Å². The molecule has 0 unspecified atom stereocenters.